The van der Waals surface area contributed by atoms with E-state index in [2.05, 4.69) is 10.6 Å². The van der Waals surface area contributed by atoms with Crippen LogP contribution in [0.4, 0.5) is 11.4 Å². The molecule has 5 nitrogen and oxygen atoms in total. The van der Waals surface area contributed by atoms with Gasteiger partial charge in [-0.25, -0.2) is 0 Å². The van der Waals surface area contributed by atoms with Gasteiger partial charge in [0.2, 0.25) is 11.8 Å². The molecule has 5 heteroatoms. The number of carbonyl (C=O) groups excluding carboxylic acids is 2. The Morgan fingerprint density at radius 1 is 1.20 bits per heavy atom. The molecular weight excluding hydrogens is 254 g/mol. The SMILES string of the molecule is CCC(=O)Nc1cccc(NC(=O)[C@@H](N)C(C)C)c1C. The van der Waals surface area contributed by atoms with Crippen molar-refractivity contribution in [3.63, 3.8) is 0 Å². The Balaban J connectivity index is 2.89. The zero-order chi connectivity index (χ0) is 15.3. The number of hydrogen-bond acceptors (Lipinski definition) is 3. The van der Waals surface area contributed by atoms with E-state index in [9.17, 15) is 9.59 Å². The number of carbonyl (C=O) groups is 2. The molecule has 0 radical (unpaired) electrons. The van der Waals surface area contributed by atoms with Gasteiger partial charge in [-0.15, -0.1) is 0 Å². The van der Waals surface area contributed by atoms with E-state index in [0.717, 1.165) is 5.56 Å². The van der Waals surface area contributed by atoms with Gasteiger partial charge in [-0.1, -0.05) is 26.8 Å². The third-order valence-electron chi connectivity index (χ3n) is 3.21. The summed E-state index contributed by atoms with van der Waals surface area (Å²) in [6.07, 6.45) is 0.411. The first-order valence-corrected chi connectivity index (χ1v) is 6.82. The molecule has 0 heterocycles. The highest BCUT2D eigenvalue weighted by Crippen LogP contribution is 2.23. The van der Waals surface area contributed by atoms with Gasteiger partial charge in [0.05, 0.1) is 6.04 Å². The molecule has 0 saturated heterocycles. The van der Waals surface area contributed by atoms with Crippen LogP contribution in [0, 0.1) is 12.8 Å². The van der Waals surface area contributed by atoms with Crippen molar-refractivity contribution in [2.75, 3.05) is 10.6 Å². The molecular formula is C15H23N3O2. The van der Waals surface area contributed by atoms with Crippen molar-refractivity contribution in [1.29, 1.82) is 0 Å². The minimum Gasteiger partial charge on any atom is -0.326 e. The molecule has 1 rings (SSSR count). The quantitative estimate of drug-likeness (QED) is 0.772. The Labute approximate surface area is 119 Å². The van der Waals surface area contributed by atoms with Crippen molar-refractivity contribution in [2.24, 2.45) is 11.7 Å². The minimum absolute atomic E-state index is 0.0598. The Morgan fingerprint density at radius 2 is 1.75 bits per heavy atom. The number of anilines is 2. The van der Waals surface area contributed by atoms with Gasteiger partial charge in [-0.05, 0) is 30.5 Å². The average Bonchev–Trinajstić information content (AvgIpc) is 2.41. The number of hydrogen-bond donors (Lipinski definition) is 3. The molecule has 0 saturated carbocycles. The number of benzene rings is 1. The van der Waals surface area contributed by atoms with Crippen LogP contribution in [-0.4, -0.2) is 17.9 Å². The average molecular weight is 277 g/mol. The molecule has 1 aromatic rings. The molecule has 110 valence electrons. The van der Waals surface area contributed by atoms with Crippen LogP contribution in [0.15, 0.2) is 18.2 Å². The molecule has 1 aromatic carbocycles. The lowest BCUT2D eigenvalue weighted by Crippen LogP contribution is -2.39. The first-order chi connectivity index (χ1) is 9.36. The maximum absolute atomic E-state index is 12.0. The van der Waals surface area contributed by atoms with Gasteiger partial charge in [0.1, 0.15) is 0 Å². The summed E-state index contributed by atoms with van der Waals surface area (Å²) in [4.78, 5) is 23.4. The van der Waals surface area contributed by atoms with Gasteiger partial charge in [0, 0.05) is 17.8 Å². The summed E-state index contributed by atoms with van der Waals surface area (Å²) >= 11 is 0. The van der Waals surface area contributed by atoms with E-state index in [0.29, 0.717) is 17.8 Å². The third-order valence-corrected chi connectivity index (χ3v) is 3.21. The molecule has 0 aliphatic heterocycles. The summed E-state index contributed by atoms with van der Waals surface area (Å²) in [6, 6.07) is 4.83. The third kappa shape index (κ3) is 4.06. The van der Waals surface area contributed by atoms with Crippen LogP contribution >= 0.6 is 0 Å². The van der Waals surface area contributed by atoms with E-state index < -0.39 is 6.04 Å². The zero-order valence-electron chi connectivity index (χ0n) is 12.5. The normalized spacial score (nSPS) is 12.1. The predicted octanol–water partition coefficient (Wildman–Crippen LogP) is 2.27. The standard InChI is InChI=1S/C15H23N3O2/c1-5-13(19)17-11-7-6-8-12(10(11)4)18-15(20)14(16)9(2)3/h6-9,14H,5,16H2,1-4H3,(H,17,19)(H,18,20)/t14-/m0/s1. The molecule has 0 fully saturated rings. The molecule has 20 heavy (non-hydrogen) atoms. The Morgan fingerprint density at radius 3 is 2.25 bits per heavy atom. The van der Waals surface area contributed by atoms with Gasteiger partial charge in [0.25, 0.3) is 0 Å². The first-order valence-electron chi connectivity index (χ1n) is 6.82. The van der Waals surface area contributed by atoms with Gasteiger partial charge >= 0.3 is 0 Å². The van der Waals surface area contributed by atoms with Gasteiger partial charge in [0.15, 0.2) is 0 Å². The Bertz CT molecular complexity index is 498. The fourth-order valence-electron chi connectivity index (χ4n) is 1.66. The van der Waals surface area contributed by atoms with Crippen molar-refractivity contribution in [3.8, 4) is 0 Å². The molecule has 0 unspecified atom stereocenters. The lowest BCUT2D eigenvalue weighted by Gasteiger charge is -2.18. The summed E-state index contributed by atoms with van der Waals surface area (Å²) in [5.74, 6) is -0.212. The summed E-state index contributed by atoms with van der Waals surface area (Å²) in [5, 5.41) is 5.61. The zero-order valence-corrected chi connectivity index (χ0v) is 12.5. The van der Waals surface area contributed by atoms with Crippen LogP contribution in [0.25, 0.3) is 0 Å². The van der Waals surface area contributed by atoms with Crippen LogP contribution in [0.1, 0.15) is 32.8 Å². The molecule has 0 bridgehead atoms. The van der Waals surface area contributed by atoms with E-state index in [1.54, 1.807) is 25.1 Å². The molecule has 0 spiro atoms. The van der Waals surface area contributed by atoms with Crippen molar-refractivity contribution in [1.82, 2.24) is 0 Å². The van der Waals surface area contributed by atoms with Crippen LogP contribution in [0.3, 0.4) is 0 Å². The van der Waals surface area contributed by atoms with Crippen molar-refractivity contribution in [3.05, 3.63) is 23.8 Å². The second-order valence-electron chi connectivity index (χ2n) is 5.14. The maximum atomic E-state index is 12.0. The highest BCUT2D eigenvalue weighted by atomic mass is 16.2. The molecule has 1 atom stereocenters. The van der Waals surface area contributed by atoms with E-state index in [1.165, 1.54) is 0 Å². The van der Waals surface area contributed by atoms with Crippen molar-refractivity contribution >= 4 is 23.2 Å². The van der Waals surface area contributed by atoms with Gasteiger partial charge in [-0.3, -0.25) is 9.59 Å². The van der Waals surface area contributed by atoms with Gasteiger partial charge < -0.3 is 16.4 Å². The predicted molar refractivity (Wildman–Crippen MR) is 81.5 cm³/mol. The number of amides is 2. The molecule has 0 aliphatic carbocycles. The van der Waals surface area contributed by atoms with E-state index in [1.807, 2.05) is 20.8 Å². The van der Waals surface area contributed by atoms with Crippen molar-refractivity contribution < 1.29 is 9.59 Å². The Kier molecular flexibility index (Phi) is 5.70. The fourth-order valence-corrected chi connectivity index (χ4v) is 1.66. The second-order valence-corrected chi connectivity index (χ2v) is 5.14. The van der Waals surface area contributed by atoms with Crippen LogP contribution in [0.5, 0.6) is 0 Å². The smallest absolute Gasteiger partial charge is 0.241 e. The summed E-state index contributed by atoms with van der Waals surface area (Å²) < 4.78 is 0. The van der Waals surface area contributed by atoms with Crippen LogP contribution in [0.2, 0.25) is 0 Å². The summed E-state index contributed by atoms with van der Waals surface area (Å²) in [7, 11) is 0. The summed E-state index contributed by atoms with van der Waals surface area (Å²) in [5.41, 5.74) is 8.00. The van der Waals surface area contributed by atoms with E-state index >= 15 is 0 Å². The highest BCUT2D eigenvalue weighted by molar-refractivity contribution is 5.97. The molecule has 4 N–H and O–H groups in total. The lowest BCUT2D eigenvalue weighted by atomic mass is 10.0. The number of nitrogens with two attached hydrogens (primary N) is 1. The first kappa shape index (κ1) is 16.2. The largest absolute Gasteiger partial charge is 0.326 e. The van der Waals surface area contributed by atoms with Gasteiger partial charge in [-0.2, -0.15) is 0 Å². The summed E-state index contributed by atoms with van der Waals surface area (Å²) in [6.45, 7) is 7.43. The second kappa shape index (κ2) is 7.05. The number of nitrogens with one attached hydrogen (secondary N) is 2. The highest BCUT2D eigenvalue weighted by Gasteiger charge is 2.18. The van der Waals surface area contributed by atoms with E-state index in [-0.39, 0.29) is 17.7 Å². The minimum atomic E-state index is -0.553. The van der Waals surface area contributed by atoms with E-state index in [4.69, 9.17) is 5.73 Å². The molecule has 0 aromatic heterocycles. The topological polar surface area (TPSA) is 84.2 Å². The lowest BCUT2D eigenvalue weighted by molar-refractivity contribution is -0.118. The number of rotatable bonds is 5. The molecule has 2 amide bonds. The maximum Gasteiger partial charge on any atom is 0.241 e. The monoisotopic (exact) mass is 277 g/mol. The van der Waals surface area contributed by atoms with Crippen molar-refractivity contribution in [2.45, 2.75) is 40.2 Å². The fraction of sp³-hybridized carbons (Fsp3) is 0.467. The van der Waals surface area contributed by atoms with Crippen LogP contribution < -0.4 is 16.4 Å². The van der Waals surface area contributed by atoms with Crippen LogP contribution in [-0.2, 0) is 9.59 Å². The molecule has 0 aliphatic rings. The Hall–Kier alpha value is -1.88.